The largest absolute Gasteiger partial charge is 0.264 e. The highest BCUT2D eigenvalue weighted by atomic mass is 32.1. The average molecular weight is 546 g/mol. The SMILES string of the molecule is c1ccc2c(c1)ccc1sc3ccc(-c4nc5c(nc4-c4ccc6cnccc6c4)sc4ccccc45)cc3c12. The molecule has 3 nitrogen and oxygen atoms in total. The van der Waals surface area contributed by atoms with E-state index >= 15 is 0 Å². The number of benzene rings is 5. The van der Waals surface area contributed by atoms with Gasteiger partial charge in [-0.2, -0.15) is 0 Å². The van der Waals surface area contributed by atoms with Gasteiger partial charge in [0.25, 0.3) is 0 Å². The fraction of sp³-hybridized carbons (Fsp3) is 0. The first-order valence-electron chi connectivity index (χ1n) is 13.2. The Balaban J connectivity index is 1.37. The lowest BCUT2D eigenvalue weighted by Gasteiger charge is -2.11. The predicted molar refractivity (Wildman–Crippen MR) is 171 cm³/mol. The van der Waals surface area contributed by atoms with E-state index in [4.69, 9.17) is 9.97 Å². The summed E-state index contributed by atoms with van der Waals surface area (Å²) >= 11 is 3.55. The van der Waals surface area contributed by atoms with Gasteiger partial charge in [-0.05, 0) is 52.6 Å². The second-order valence-corrected chi connectivity index (χ2v) is 12.2. The highest BCUT2D eigenvalue weighted by Crippen LogP contribution is 2.42. The zero-order valence-corrected chi connectivity index (χ0v) is 22.8. The van der Waals surface area contributed by atoms with E-state index in [9.17, 15) is 0 Å². The molecular weight excluding hydrogens is 527 g/mol. The summed E-state index contributed by atoms with van der Waals surface area (Å²) in [5.74, 6) is 0. The van der Waals surface area contributed by atoms with Gasteiger partial charge >= 0.3 is 0 Å². The van der Waals surface area contributed by atoms with E-state index in [1.54, 1.807) is 11.3 Å². The van der Waals surface area contributed by atoms with Crippen LogP contribution in [0.25, 0.3) is 84.7 Å². The molecule has 0 atom stereocenters. The normalized spacial score (nSPS) is 12.0. The van der Waals surface area contributed by atoms with E-state index < -0.39 is 0 Å². The Morgan fingerprint density at radius 2 is 1.25 bits per heavy atom. The van der Waals surface area contributed by atoms with E-state index in [1.165, 1.54) is 35.6 Å². The lowest BCUT2D eigenvalue weighted by atomic mass is 9.99. The summed E-state index contributed by atoms with van der Waals surface area (Å²) in [5.41, 5.74) is 4.91. The molecule has 0 radical (unpaired) electrons. The van der Waals surface area contributed by atoms with Crippen LogP contribution in [-0.4, -0.2) is 15.0 Å². The maximum atomic E-state index is 5.36. The minimum Gasteiger partial charge on any atom is -0.264 e. The molecule has 0 aliphatic heterocycles. The predicted octanol–water partition coefficient (Wildman–Crippen LogP) is 10.2. The highest BCUT2D eigenvalue weighted by Gasteiger charge is 2.18. The van der Waals surface area contributed by atoms with Gasteiger partial charge in [-0.15, -0.1) is 22.7 Å². The molecule has 0 spiro atoms. The molecule has 0 saturated carbocycles. The molecule has 0 amide bonds. The van der Waals surface area contributed by atoms with E-state index in [-0.39, 0.29) is 0 Å². The molecule has 0 aliphatic rings. The second-order valence-electron chi connectivity index (χ2n) is 10.1. The third-order valence-electron chi connectivity index (χ3n) is 7.76. The van der Waals surface area contributed by atoms with Crippen molar-refractivity contribution < 1.29 is 0 Å². The van der Waals surface area contributed by atoms with Crippen molar-refractivity contribution in [3.8, 4) is 22.5 Å². The molecule has 4 heterocycles. The monoisotopic (exact) mass is 545 g/mol. The summed E-state index contributed by atoms with van der Waals surface area (Å²) in [7, 11) is 0. The Hall–Kier alpha value is -4.71. The molecule has 0 aliphatic carbocycles. The zero-order chi connectivity index (χ0) is 26.2. The number of hydrogen-bond donors (Lipinski definition) is 0. The molecular formula is C35H19N3S2. The Morgan fingerprint density at radius 3 is 2.23 bits per heavy atom. The van der Waals surface area contributed by atoms with Crippen molar-refractivity contribution >= 4 is 84.8 Å². The maximum absolute atomic E-state index is 5.36. The van der Waals surface area contributed by atoms with Gasteiger partial charge in [-0.25, -0.2) is 9.97 Å². The molecule has 4 aromatic heterocycles. The lowest BCUT2D eigenvalue weighted by Crippen LogP contribution is -1.94. The van der Waals surface area contributed by atoms with Gasteiger partial charge < -0.3 is 0 Å². The number of pyridine rings is 1. The summed E-state index contributed by atoms with van der Waals surface area (Å²) < 4.78 is 3.79. The summed E-state index contributed by atoms with van der Waals surface area (Å²) in [6.07, 6.45) is 3.74. The molecule has 0 bridgehead atoms. The number of aromatic nitrogens is 3. The summed E-state index contributed by atoms with van der Waals surface area (Å²) in [6.45, 7) is 0. The first-order chi connectivity index (χ1) is 19.8. The first kappa shape index (κ1) is 22.1. The van der Waals surface area contributed by atoms with Gasteiger partial charge in [-0.3, -0.25) is 4.98 Å². The fourth-order valence-electron chi connectivity index (χ4n) is 5.85. The second kappa shape index (κ2) is 8.39. The van der Waals surface area contributed by atoms with Crippen LogP contribution in [0.5, 0.6) is 0 Å². The molecule has 186 valence electrons. The standard InChI is InChI=1S/C35H19N3S2/c1-2-6-25-20(5-1)11-14-30-31(25)27-18-23(12-13-29(27)39-30)32-33(22-9-10-24-19-36-16-15-21(24)17-22)38-35-34(37-32)26-7-3-4-8-28(26)40-35/h1-19H. The molecule has 40 heavy (non-hydrogen) atoms. The van der Waals surface area contributed by atoms with Crippen LogP contribution in [0.2, 0.25) is 0 Å². The van der Waals surface area contributed by atoms with Crippen molar-refractivity contribution in [2.75, 3.05) is 0 Å². The van der Waals surface area contributed by atoms with Crippen molar-refractivity contribution in [1.29, 1.82) is 0 Å². The number of fused-ring (bicyclic) bond motifs is 9. The molecule has 9 aromatic rings. The Kier molecular flexibility index (Phi) is 4.65. The quantitative estimate of drug-likeness (QED) is 0.217. The lowest BCUT2D eigenvalue weighted by molar-refractivity contribution is 1.32. The van der Waals surface area contributed by atoms with Gasteiger partial charge in [-0.1, -0.05) is 66.7 Å². The number of thiophene rings is 2. The Bertz CT molecular complexity index is 2450. The van der Waals surface area contributed by atoms with E-state index in [1.807, 2.05) is 23.7 Å². The smallest absolute Gasteiger partial charge is 0.143 e. The summed E-state index contributed by atoms with van der Waals surface area (Å²) in [6, 6.07) is 36.9. The van der Waals surface area contributed by atoms with Crippen LogP contribution in [0.1, 0.15) is 0 Å². The zero-order valence-electron chi connectivity index (χ0n) is 21.1. The van der Waals surface area contributed by atoms with Crippen molar-refractivity contribution in [1.82, 2.24) is 15.0 Å². The number of rotatable bonds is 2. The highest BCUT2D eigenvalue weighted by molar-refractivity contribution is 7.26. The topological polar surface area (TPSA) is 38.7 Å². The Labute approximate surface area is 237 Å². The van der Waals surface area contributed by atoms with Gasteiger partial charge in [0.2, 0.25) is 0 Å². The summed E-state index contributed by atoms with van der Waals surface area (Å²) in [4.78, 5) is 15.9. The van der Waals surface area contributed by atoms with Crippen LogP contribution < -0.4 is 0 Å². The minimum atomic E-state index is 0.904. The minimum absolute atomic E-state index is 0.904. The Morgan fingerprint density at radius 1 is 0.500 bits per heavy atom. The fourth-order valence-corrected chi connectivity index (χ4v) is 7.97. The maximum Gasteiger partial charge on any atom is 0.143 e. The van der Waals surface area contributed by atoms with Crippen LogP contribution >= 0.6 is 22.7 Å². The number of nitrogens with zero attached hydrogens (tertiary/aromatic N) is 3. The molecule has 0 fully saturated rings. The van der Waals surface area contributed by atoms with E-state index in [0.29, 0.717) is 0 Å². The molecule has 5 heteroatoms. The number of hydrogen-bond acceptors (Lipinski definition) is 5. The van der Waals surface area contributed by atoms with Crippen molar-refractivity contribution in [2.45, 2.75) is 0 Å². The third-order valence-corrected chi connectivity index (χ3v) is 9.95. The summed E-state index contributed by atoms with van der Waals surface area (Å²) in [5, 5.41) is 8.54. The molecule has 0 N–H and O–H groups in total. The van der Waals surface area contributed by atoms with Crippen molar-refractivity contribution in [2.24, 2.45) is 0 Å². The van der Waals surface area contributed by atoms with Gasteiger partial charge in [0, 0.05) is 59.2 Å². The molecule has 0 saturated heterocycles. The van der Waals surface area contributed by atoms with E-state index in [0.717, 1.165) is 49.0 Å². The third kappa shape index (κ3) is 3.25. The van der Waals surface area contributed by atoms with Crippen LogP contribution in [0.15, 0.2) is 116 Å². The molecule has 9 rings (SSSR count). The molecule has 0 unspecified atom stereocenters. The van der Waals surface area contributed by atoms with Crippen LogP contribution in [0.3, 0.4) is 0 Å². The average Bonchev–Trinajstić information content (AvgIpc) is 3.58. The first-order valence-corrected chi connectivity index (χ1v) is 14.8. The van der Waals surface area contributed by atoms with Crippen LogP contribution in [-0.2, 0) is 0 Å². The van der Waals surface area contributed by atoms with Crippen molar-refractivity contribution in [3.05, 3.63) is 116 Å². The van der Waals surface area contributed by atoms with E-state index in [2.05, 4.69) is 108 Å². The van der Waals surface area contributed by atoms with Crippen LogP contribution in [0, 0.1) is 0 Å². The van der Waals surface area contributed by atoms with Crippen molar-refractivity contribution in [3.63, 3.8) is 0 Å². The molecule has 5 aromatic carbocycles. The van der Waals surface area contributed by atoms with Crippen LogP contribution in [0.4, 0.5) is 0 Å². The van der Waals surface area contributed by atoms with Gasteiger partial charge in [0.05, 0.1) is 11.4 Å². The van der Waals surface area contributed by atoms with Gasteiger partial charge in [0.15, 0.2) is 0 Å². The van der Waals surface area contributed by atoms with Gasteiger partial charge in [0.1, 0.15) is 10.3 Å².